The van der Waals surface area contributed by atoms with Gasteiger partial charge in [-0.1, -0.05) is 18.2 Å². The van der Waals surface area contributed by atoms with Crippen LogP contribution >= 0.6 is 0 Å². The van der Waals surface area contributed by atoms with Crippen molar-refractivity contribution in [2.45, 2.75) is 25.8 Å². The second-order valence-corrected chi connectivity index (χ2v) is 4.64. The van der Waals surface area contributed by atoms with Crippen molar-refractivity contribution in [3.05, 3.63) is 36.0 Å². The molecule has 0 fully saturated rings. The van der Waals surface area contributed by atoms with Crippen LogP contribution in [0.3, 0.4) is 0 Å². The highest BCUT2D eigenvalue weighted by Gasteiger charge is 2.06. The van der Waals surface area contributed by atoms with E-state index in [4.69, 9.17) is 5.73 Å². The second kappa shape index (κ2) is 5.69. The van der Waals surface area contributed by atoms with Crippen LogP contribution in [0.2, 0.25) is 0 Å². The van der Waals surface area contributed by atoms with E-state index >= 15 is 0 Å². The van der Waals surface area contributed by atoms with Gasteiger partial charge < -0.3 is 16.0 Å². The summed E-state index contributed by atoms with van der Waals surface area (Å²) in [6.07, 6.45) is 3.22. The summed E-state index contributed by atoms with van der Waals surface area (Å²) in [6, 6.07) is 8.12. The highest BCUT2D eigenvalue weighted by Crippen LogP contribution is 2.18. The third-order valence-corrected chi connectivity index (χ3v) is 2.92. The maximum atomic E-state index is 11.6. The lowest BCUT2D eigenvalue weighted by Crippen LogP contribution is -2.35. The fourth-order valence-electron chi connectivity index (χ4n) is 1.95. The molecular weight excluding hydrogens is 226 g/mol. The molecule has 0 aliphatic carbocycles. The molecule has 4 heteroatoms. The molecule has 96 valence electrons. The normalized spacial score (nSPS) is 12.6. The lowest BCUT2D eigenvalue weighted by atomic mass is 10.1. The molecule has 18 heavy (non-hydrogen) atoms. The van der Waals surface area contributed by atoms with E-state index in [0.29, 0.717) is 13.0 Å². The average molecular weight is 245 g/mol. The zero-order chi connectivity index (χ0) is 13.0. The Kier molecular flexibility index (Phi) is 3.99. The van der Waals surface area contributed by atoms with Crippen molar-refractivity contribution in [2.75, 3.05) is 6.54 Å². The molecule has 1 aromatic heterocycles. The lowest BCUT2D eigenvalue weighted by molar-refractivity contribution is -0.121. The number of para-hydroxylation sites is 1. The van der Waals surface area contributed by atoms with E-state index in [0.717, 1.165) is 11.9 Å². The van der Waals surface area contributed by atoms with Crippen LogP contribution in [0.15, 0.2) is 30.5 Å². The van der Waals surface area contributed by atoms with Crippen molar-refractivity contribution in [2.24, 2.45) is 5.73 Å². The largest absolute Gasteiger partial charge is 0.361 e. The first-order chi connectivity index (χ1) is 8.66. The first kappa shape index (κ1) is 12.6. The van der Waals surface area contributed by atoms with Crippen molar-refractivity contribution in [1.29, 1.82) is 0 Å². The Morgan fingerprint density at radius 1 is 1.44 bits per heavy atom. The fraction of sp³-hybridized carbons (Fsp3) is 0.357. The highest BCUT2D eigenvalue weighted by atomic mass is 16.1. The first-order valence-electron chi connectivity index (χ1n) is 6.24. The average Bonchev–Trinajstić information content (AvgIpc) is 2.77. The predicted octanol–water partition coefficient (Wildman–Crippen LogP) is 1.56. The number of hydrogen-bond donors (Lipinski definition) is 3. The zero-order valence-electron chi connectivity index (χ0n) is 10.6. The summed E-state index contributed by atoms with van der Waals surface area (Å²) >= 11 is 0. The molecule has 0 aliphatic rings. The Labute approximate surface area is 107 Å². The summed E-state index contributed by atoms with van der Waals surface area (Å²) in [5.74, 6) is 0.0533. The van der Waals surface area contributed by atoms with E-state index in [9.17, 15) is 4.79 Å². The summed E-state index contributed by atoms with van der Waals surface area (Å²) in [5.41, 5.74) is 7.88. The highest BCUT2D eigenvalue weighted by molar-refractivity contribution is 5.84. The standard InChI is InChI=1S/C14H19N3O/c1-10(15)8-17-14(18)7-6-11-9-16-13-5-3-2-4-12(11)13/h2-5,9-10,16H,6-8,15H2,1H3,(H,17,18). The minimum Gasteiger partial charge on any atom is -0.361 e. The number of hydrogen-bond acceptors (Lipinski definition) is 2. The van der Waals surface area contributed by atoms with Crippen LogP contribution in [-0.2, 0) is 11.2 Å². The van der Waals surface area contributed by atoms with Crippen molar-refractivity contribution in [3.8, 4) is 0 Å². The van der Waals surface area contributed by atoms with Crippen LogP contribution in [0.25, 0.3) is 10.9 Å². The SMILES string of the molecule is CC(N)CNC(=O)CCc1c[nH]c2ccccc12. The lowest BCUT2D eigenvalue weighted by Gasteiger charge is -2.07. The number of benzene rings is 1. The third-order valence-electron chi connectivity index (χ3n) is 2.92. The summed E-state index contributed by atoms with van der Waals surface area (Å²) in [7, 11) is 0. The summed E-state index contributed by atoms with van der Waals surface area (Å²) in [5, 5.41) is 4.01. The smallest absolute Gasteiger partial charge is 0.220 e. The van der Waals surface area contributed by atoms with Crippen LogP contribution in [0.1, 0.15) is 18.9 Å². The van der Waals surface area contributed by atoms with Gasteiger partial charge in [0.2, 0.25) is 5.91 Å². The molecule has 0 saturated carbocycles. The van der Waals surface area contributed by atoms with Crippen LogP contribution in [0.5, 0.6) is 0 Å². The number of H-pyrrole nitrogens is 1. The molecule has 0 saturated heterocycles. The number of aromatic amines is 1. The van der Waals surface area contributed by atoms with Crippen molar-refractivity contribution >= 4 is 16.8 Å². The molecule has 1 unspecified atom stereocenters. The number of nitrogens with one attached hydrogen (secondary N) is 2. The van der Waals surface area contributed by atoms with E-state index in [1.807, 2.05) is 31.3 Å². The van der Waals surface area contributed by atoms with E-state index in [-0.39, 0.29) is 11.9 Å². The molecule has 1 atom stereocenters. The molecule has 0 aliphatic heterocycles. The molecule has 0 radical (unpaired) electrons. The minimum absolute atomic E-state index is 0.00189. The van der Waals surface area contributed by atoms with Gasteiger partial charge in [0.1, 0.15) is 0 Å². The van der Waals surface area contributed by atoms with E-state index in [1.54, 1.807) is 0 Å². The van der Waals surface area contributed by atoms with Crippen LogP contribution < -0.4 is 11.1 Å². The number of aryl methyl sites for hydroxylation is 1. The Morgan fingerprint density at radius 2 is 2.22 bits per heavy atom. The van der Waals surface area contributed by atoms with Gasteiger partial charge >= 0.3 is 0 Å². The summed E-state index contributed by atoms with van der Waals surface area (Å²) in [4.78, 5) is 14.8. The van der Waals surface area contributed by atoms with E-state index in [1.165, 1.54) is 10.9 Å². The van der Waals surface area contributed by atoms with Gasteiger partial charge in [0.25, 0.3) is 0 Å². The van der Waals surface area contributed by atoms with Gasteiger partial charge in [0.05, 0.1) is 0 Å². The van der Waals surface area contributed by atoms with Crippen molar-refractivity contribution in [3.63, 3.8) is 0 Å². The number of rotatable bonds is 5. The molecule has 2 rings (SSSR count). The van der Waals surface area contributed by atoms with Gasteiger partial charge in [0, 0.05) is 36.1 Å². The number of carbonyl (C=O) groups excluding carboxylic acids is 1. The third kappa shape index (κ3) is 3.11. The maximum absolute atomic E-state index is 11.6. The zero-order valence-corrected chi connectivity index (χ0v) is 10.6. The number of aromatic nitrogens is 1. The number of carbonyl (C=O) groups is 1. The Morgan fingerprint density at radius 3 is 3.00 bits per heavy atom. The van der Waals surface area contributed by atoms with E-state index < -0.39 is 0 Å². The number of fused-ring (bicyclic) bond motifs is 1. The topological polar surface area (TPSA) is 70.9 Å². The molecule has 1 heterocycles. The second-order valence-electron chi connectivity index (χ2n) is 4.64. The van der Waals surface area contributed by atoms with Gasteiger partial charge in [0.15, 0.2) is 0 Å². The molecule has 0 bridgehead atoms. The molecular formula is C14H19N3O. The molecule has 0 spiro atoms. The van der Waals surface area contributed by atoms with Gasteiger partial charge in [-0.15, -0.1) is 0 Å². The van der Waals surface area contributed by atoms with Gasteiger partial charge in [-0.2, -0.15) is 0 Å². The number of amides is 1. The maximum Gasteiger partial charge on any atom is 0.220 e. The fourth-order valence-corrected chi connectivity index (χ4v) is 1.95. The first-order valence-corrected chi connectivity index (χ1v) is 6.24. The van der Waals surface area contributed by atoms with Crippen LogP contribution in [-0.4, -0.2) is 23.5 Å². The predicted molar refractivity (Wildman–Crippen MR) is 73.3 cm³/mol. The Balaban J connectivity index is 1.92. The summed E-state index contributed by atoms with van der Waals surface area (Å²) in [6.45, 7) is 2.41. The molecule has 4 nitrogen and oxygen atoms in total. The van der Waals surface area contributed by atoms with Gasteiger partial charge in [-0.3, -0.25) is 4.79 Å². The quantitative estimate of drug-likeness (QED) is 0.748. The van der Waals surface area contributed by atoms with Crippen LogP contribution in [0, 0.1) is 0 Å². The monoisotopic (exact) mass is 245 g/mol. The Bertz CT molecular complexity index is 531. The minimum atomic E-state index is 0.00189. The van der Waals surface area contributed by atoms with Gasteiger partial charge in [-0.25, -0.2) is 0 Å². The molecule has 2 aromatic rings. The van der Waals surface area contributed by atoms with Gasteiger partial charge in [-0.05, 0) is 25.0 Å². The van der Waals surface area contributed by atoms with E-state index in [2.05, 4.69) is 16.4 Å². The van der Waals surface area contributed by atoms with Crippen LogP contribution in [0.4, 0.5) is 0 Å². The molecule has 1 aromatic carbocycles. The molecule has 1 amide bonds. The van der Waals surface area contributed by atoms with Crippen molar-refractivity contribution in [1.82, 2.24) is 10.3 Å². The Hall–Kier alpha value is -1.81. The summed E-state index contributed by atoms with van der Waals surface area (Å²) < 4.78 is 0. The molecule has 4 N–H and O–H groups in total. The van der Waals surface area contributed by atoms with Crippen molar-refractivity contribution < 1.29 is 4.79 Å². The number of nitrogens with two attached hydrogens (primary N) is 1.